The van der Waals surface area contributed by atoms with Gasteiger partial charge in [-0.1, -0.05) is 133 Å². The molecule has 4 heterocycles. The lowest BCUT2D eigenvalue weighted by atomic mass is 10.0. The molecular formula is C49H28N4OS. The Hall–Kier alpha value is -7.15. The van der Waals surface area contributed by atoms with Crippen LogP contribution in [0.2, 0.25) is 0 Å². The highest BCUT2D eigenvalue weighted by molar-refractivity contribution is 7.26. The summed E-state index contributed by atoms with van der Waals surface area (Å²) >= 11 is 1.83. The van der Waals surface area contributed by atoms with E-state index in [1.807, 2.05) is 72.0 Å². The van der Waals surface area contributed by atoms with Crippen molar-refractivity contribution in [2.45, 2.75) is 0 Å². The first-order valence-electron chi connectivity index (χ1n) is 18.4. The molecule has 8 aromatic carbocycles. The summed E-state index contributed by atoms with van der Waals surface area (Å²) in [6, 6.07) is 59.5. The number of hydrogen-bond acceptors (Lipinski definition) is 5. The highest BCUT2D eigenvalue weighted by Gasteiger charge is 2.24. The standard InChI is InChI=1S/C49H28N4OS/c1-3-14-30(15-4-1)47-50-48(31-16-5-2-6-17-31)52-49(51-47)32-27-38-36-24-23-29-13-7-8-18-33(29)45(36)54-46(38)40(28-32)53-39-21-11-9-19-34(39)35-25-26-42-43(44(35)53)37-20-10-12-22-41(37)55-42/h1-28H. The SMILES string of the molecule is c1ccc(-c2nc(-c3ccccc3)nc(-c3cc(-n4c5ccccc5c5ccc6sc7ccccc7c6c54)c4oc5c6ccccc6ccc5c4c3)n2)cc1. The van der Waals surface area contributed by atoms with Gasteiger partial charge in [0.2, 0.25) is 0 Å². The minimum atomic E-state index is 0.595. The summed E-state index contributed by atoms with van der Waals surface area (Å²) in [4.78, 5) is 15.4. The monoisotopic (exact) mass is 720 g/mol. The van der Waals surface area contributed by atoms with Crippen LogP contribution in [0, 0.1) is 0 Å². The molecule has 0 bridgehead atoms. The molecule has 0 aliphatic carbocycles. The first-order chi connectivity index (χ1) is 27.3. The Bertz CT molecular complexity index is 3430. The predicted octanol–water partition coefficient (Wildman–Crippen LogP) is 13.4. The third kappa shape index (κ3) is 4.55. The van der Waals surface area contributed by atoms with Crippen molar-refractivity contribution in [2.75, 3.05) is 0 Å². The van der Waals surface area contributed by atoms with E-state index in [-0.39, 0.29) is 0 Å². The molecule has 55 heavy (non-hydrogen) atoms. The lowest BCUT2D eigenvalue weighted by Gasteiger charge is -2.13. The molecule has 0 aliphatic heterocycles. The Balaban J connectivity index is 1.25. The Kier molecular flexibility index (Phi) is 6.44. The average molecular weight is 721 g/mol. The highest BCUT2D eigenvalue weighted by atomic mass is 32.1. The van der Waals surface area contributed by atoms with Gasteiger partial charge in [0.05, 0.1) is 16.7 Å². The maximum Gasteiger partial charge on any atom is 0.164 e. The Morgan fingerprint density at radius 1 is 0.418 bits per heavy atom. The second-order valence-corrected chi connectivity index (χ2v) is 15.0. The lowest BCUT2D eigenvalue weighted by Crippen LogP contribution is -2.01. The molecule has 0 atom stereocenters. The van der Waals surface area contributed by atoms with Gasteiger partial charge < -0.3 is 8.98 Å². The summed E-state index contributed by atoms with van der Waals surface area (Å²) in [6.45, 7) is 0. The zero-order chi connectivity index (χ0) is 36.0. The molecule has 0 fully saturated rings. The van der Waals surface area contributed by atoms with E-state index in [1.165, 1.54) is 30.9 Å². The van der Waals surface area contributed by atoms with Crippen molar-refractivity contribution in [3.8, 4) is 39.9 Å². The number of rotatable bonds is 4. The largest absolute Gasteiger partial charge is 0.453 e. The molecule has 12 rings (SSSR count). The molecular weight excluding hydrogens is 693 g/mol. The Morgan fingerprint density at radius 3 is 1.80 bits per heavy atom. The van der Waals surface area contributed by atoms with Crippen LogP contribution in [0.4, 0.5) is 0 Å². The number of aromatic nitrogens is 4. The van der Waals surface area contributed by atoms with Crippen LogP contribution in [0.1, 0.15) is 0 Å². The van der Waals surface area contributed by atoms with Gasteiger partial charge in [-0.2, -0.15) is 0 Å². The van der Waals surface area contributed by atoms with E-state index < -0.39 is 0 Å². The van der Waals surface area contributed by atoms with E-state index in [9.17, 15) is 0 Å². The van der Waals surface area contributed by atoms with Gasteiger partial charge in [-0.15, -0.1) is 11.3 Å². The first-order valence-corrected chi connectivity index (χ1v) is 19.2. The maximum atomic E-state index is 7.11. The summed E-state index contributed by atoms with van der Waals surface area (Å²) in [5.74, 6) is 1.84. The fraction of sp³-hybridized carbons (Fsp3) is 0. The topological polar surface area (TPSA) is 56.7 Å². The molecule has 0 radical (unpaired) electrons. The van der Waals surface area contributed by atoms with Gasteiger partial charge in [0.15, 0.2) is 23.1 Å². The number of nitrogens with zero attached hydrogens (tertiary/aromatic N) is 4. The molecule has 0 saturated heterocycles. The van der Waals surface area contributed by atoms with E-state index in [0.717, 1.165) is 66.1 Å². The molecule has 0 spiro atoms. The fourth-order valence-corrected chi connectivity index (χ4v) is 9.44. The van der Waals surface area contributed by atoms with Gasteiger partial charge in [0, 0.05) is 63.8 Å². The molecule has 0 unspecified atom stereocenters. The lowest BCUT2D eigenvalue weighted by molar-refractivity contribution is 0.670. The molecule has 4 aromatic heterocycles. The maximum absolute atomic E-state index is 7.11. The van der Waals surface area contributed by atoms with Gasteiger partial charge in [0.1, 0.15) is 5.58 Å². The first kappa shape index (κ1) is 30.3. The van der Waals surface area contributed by atoms with Gasteiger partial charge in [-0.25, -0.2) is 15.0 Å². The summed E-state index contributed by atoms with van der Waals surface area (Å²) in [6.07, 6.45) is 0. The van der Waals surface area contributed by atoms with Crippen LogP contribution in [0.5, 0.6) is 0 Å². The number of hydrogen-bond donors (Lipinski definition) is 0. The van der Waals surface area contributed by atoms with E-state index in [2.05, 4.69) is 114 Å². The fourth-order valence-electron chi connectivity index (χ4n) is 8.34. The minimum absolute atomic E-state index is 0.595. The second-order valence-electron chi connectivity index (χ2n) is 14.0. The molecule has 5 nitrogen and oxygen atoms in total. The molecule has 256 valence electrons. The summed E-state index contributed by atoms with van der Waals surface area (Å²) in [5.41, 5.74) is 7.62. The van der Waals surface area contributed by atoms with Gasteiger partial charge in [0.25, 0.3) is 0 Å². The van der Waals surface area contributed by atoms with Crippen molar-refractivity contribution in [1.29, 1.82) is 0 Å². The molecule has 0 N–H and O–H groups in total. The molecule has 0 amide bonds. The number of furan rings is 1. The molecule has 12 aromatic rings. The summed E-state index contributed by atoms with van der Waals surface area (Å²) in [5, 5.41) is 9.14. The van der Waals surface area contributed by atoms with Gasteiger partial charge >= 0.3 is 0 Å². The third-order valence-electron chi connectivity index (χ3n) is 10.8. The zero-order valence-corrected chi connectivity index (χ0v) is 30.1. The molecule has 6 heteroatoms. The zero-order valence-electron chi connectivity index (χ0n) is 29.3. The number of thiophene rings is 1. The van der Waals surface area contributed by atoms with Crippen LogP contribution >= 0.6 is 11.3 Å². The molecule has 0 aliphatic rings. The van der Waals surface area contributed by atoms with E-state index in [4.69, 9.17) is 19.4 Å². The Morgan fingerprint density at radius 2 is 1.04 bits per heavy atom. The van der Waals surface area contributed by atoms with Crippen LogP contribution in [-0.2, 0) is 0 Å². The third-order valence-corrected chi connectivity index (χ3v) is 12.0. The van der Waals surface area contributed by atoms with Crippen LogP contribution in [0.25, 0.3) is 115 Å². The van der Waals surface area contributed by atoms with Crippen LogP contribution in [-0.4, -0.2) is 19.5 Å². The summed E-state index contributed by atoms with van der Waals surface area (Å²) < 4.78 is 12.0. The van der Waals surface area contributed by atoms with Crippen molar-refractivity contribution < 1.29 is 4.42 Å². The predicted molar refractivity (Wildman–Crippen MR) is 228 cm³/mol. The number of fused-ring (bicyclic) bond motifs is 12. The van der Waals surface area contributed by atoms with Crippen LogP contribution in [0.3, 0.4) is 0 Å². The molecule has 0 saturated carbocycles. The second kappa shape index (κ2) is 11.7. The summed E-state index contributed by atoms with van der Waals surface area (Å²) in [7, 11) is 0. The van der Waals surface area contributed by atoms with E-state index >= 15 is 0 Å². The average Bonchev–Trinajstić information content (AvgIpc) is 3.93. The number of benzene rings is 8. The van der Waals surface area contributed by atoms with Crippen molar-refractivity contribution in [2.24, 2.45) is 0 Å². The number of para-hydroxylation sites is 1. The van der Waals surface area contributed by atoms with Crippen LogP contribution < -0.4 is 0 Å². The van der Waals surface area contributed by atoms with Crippen molar-refractivity contribution in [3.05, 3.63) is 170 Å². The highest BCUT2D eigenvalue weighted by Crippen LogP contribution is 2.46. The quantitative estimate of drug-likeness (QED) is 0.182. The van der Waals surface area contributed by atoms with E-state index in [0.29, 0.717) is 17.5 Å². The normalized spacial score (nSPS) is 12.0. The van der Waals surface area contributed by atoms with E-state index in [1.54, 1.807) is 0 Å². The Labute approximate surface area is 318 Å². The van der Waals surface area contributed by atoms with Gasteiger partial charge in [-0.05, 0) is 41.8 Å². The van der Waals surface area contributed by atoms with Gasteiger partial charge in [-0.3, -0.25) is 0 Å². The van der Waals surface area contributed by atoms with Crippen molar-refractivity contribution in [3.63, 3.8) is 0 Å². The van der Waals surface area contributed by atoms with Crippen LogP contribution in [0.15, 0.2) is 174 Å². The minimum Gasteiger partial charge on any atom is -0.453 e. The van der Waals surface area contributed by atoms with Crippen molar-refractivity contribution in [1.82, 2.24) is 19.5 Å². The van der Waals surface area contributed by atoms with Crippen molar-refractivity contribution >= 4 is 86.0 Å². The smallest absolute Gasteiger partial charge is 0.164 e.